The first-order chi connectivity index (χ1) is 17.1. The fourth-order valence-electron chi connectivity index (χ4n) is 4.60. The monoisotopic (exact) mass is 532 g/mol. The van der Waals surface area contributed by atoms with Crippen molar-refractivity contribution in [1.29, 1.82) is 0 Å². The number of ether oxygens (including phenoxy) is 1. The van der Waals surface area contributed by atoms with Crippen molar-refractivity contribution in [3.63, 3.8) is 0 Å². The van der Waals surface area contributed by atoms with E-state index in [0.717, 1.165) is 25.7 Å². The number of hydrogen-bond acceptors (Lipinski definition) is 3. The lowest BCUT2D eigenvalue weighted by Gasteiger charge is -2.33. The Kier molecular flexibility index (Phi) is 10.1. The van der Waals surface area contributed by atoms with E-state index in [4.69, 9.17) is 27.9 Å². The molecule has 0 aliphatic heterocycles. The predicted molar refractivity (Wildman–Crippen MR) is 147 cm³/mol. The fraction of sp³-hybridized carbons (Fsp3) is 0.517. The van der Waals surface area contributed by atoms with Gasteiger partial charge in [0, 0.05) is 28.2 Å². The smallest absolute Gasteiger partial charge is 0.261 e. The van der Waals surface area contributed by atoms with E-state index in [1.165, 1.54) is 12.0 Å². The highest BCUT2D eigenvalue weighted by Crippen LogP contribution is 2.28. The van der Waals surface area contributed by atoms with Crippen LogP contribution in [0.25, 0.3) is 0 Å². The number of hydrogen-bond donors (Lipinski definition) is 1. The minimum atomic E-state index is -0.654. The molecule has 1 N–H and O–H groups in total. The molecular formula is C29H38Cl2N2O3. The summed E-state index contributed by atoms with van der Waals surface area (Å²) in [5.41, 5.74) is 1.83. The van der Waals surface area contributed by atoms with Crippen LogP contribution in [0.4, 0.5) is 0 Å². The number of carbonyl (C=O) groups excluding carboxylic acids is 2. The number of nitrogens with zero attached hydrogens (tertiary/aromatic N) is 1. The Morgan fingerprint density at radius 2 is 1.64 bits per heavy atom. The minimum Gasteiger partial charge on any atom is -0.484 e. The van der Waals surface area contributed by atoms with Crippen LogP contribution in [-0.4, -0.2) is 35.4 Å². The SMILES string of the molecule is CC[C@H](C(=O)NC1CCCCC1)N(Cc1c(Cl)cccc1Cl)C(=O)COc1ccc(C(C)(C)C)cc1. The van der Waals surface area contributed by atoms with Crippen LogP contribution in [0, 0.1) is 0 Å². The summed E-state index contributed by atoms with van der Waals surface area (Å²) in [6.07, 6.45) is 5.84. The van der Waals surface area contributed by atoms with E-state index >= 15 is 0 Å². The van der Waals surface area contributed by atoms with Crippen LogP contribution in [-0.2, 0) is 21.5 Å². The topological polar surface area (TPSA) is 58.6 Å². The highest BCUT2D eigenvalue weighted by atomic mass is 35.5. The molecule has 0 spiro atoms. The van der Waals surface area contributed by atoms with Crippen molar-refractivity contribution in [2.75, 3.05) is 6.61 Å². The molecule has 2 aromatic rings. The first-order valence-corrected chi connectivity index (χ1v) is 13.6. The molecule has 3 rings (SSSR count). The highest BCUT2D eigenvalue weighted by Gasteiger charge is 2.31. The van der Waals surface area contributed by atoms with Crippen LogP contribution in [0.5, 0.6) is 5.75 Å². The summed E-state index contributed by atoms with van der Waals surface area (Å²) in [6, 6.07) is 12.5. The molecule has 36 heavy (non-hydrogen) atoms. The average Bonchev–Trinajstić information content (AvgIpc) is 2.84. The lowest BCUT2D eigenvalue weighted by Crippen LogP contribution is -2.52. The van der Waals surface area contributed by atoms with Gasteiger partial charge in [0.05, 0.1) is 0 Å². The Morgan fingerprint density at radius 1 is 1.03 bits per heavy atom. The van der Waals surface area contributed by atoms with E-state index in [1.54, 1.807) is 23.1 Å². The van der Waals surface area contributed by atoms with Gasteiger partial charge in [-0.25, -0.2) is 0 Å². The molecule has 5 nitrogen and oxygen atoms in total. The van der Waals surface area contributed by atoms with E-state index in [0.29, 0.717) is 27.8 Å². The summed E-state index contributed by atoms with van der Waals surface area (Å²) in [5, 5.41) is 4.09. The molecule has 0 bridgehead atoms. The number of nitrogens with one attached hydrogen (secondary N) is 1. The summed E-state index contributed by atoms with van der Waals surface area (Å²) in [6.45, 7) is 8.28. The second-order valence-corrected chi connectivity index (χ2v) is 11.4. The molecule has 0 heterocycles. The standard InChI is InChI=1S/C29H38Cl2N2O3/c1-5-26(28(35)32-21-10-7-6-8-11-21)33(18-23-24(30)12-9-13-25(23)31)27(34)19-36-22-16-14-20(15-17-22)29(2,3)4/h9,12-17,21,26H,5-8,10-11,18-19H2,1-4H3,(H,32,35)/t26-/m1/s1. The maximum atomic E-state index is 13.5. The molecule has 0 unspecified atom stereocenters. The van der Waals surface area contributed by atoms with Crippen LogP contribution in [0.2, 0.25) is 10.0 Å². The second kappa shape index (κ2) is 12.8. The van der Waals surface area contributed by atoms with Gasteiger partial charge < -0.3 is 15.0 Å². The average molecular weight is 534 g/mol. The summed E-state index contributed by atoms with van der Waals surface area (Å²) < 4.78 is 5.85. The van der Waals surface area contributed by atoms with E-state index < -0.39 is 6.04 Å². The van der Waals surface area contributed by atoms with Gasteiger partial charge in [0.25, 0.3) is 5.91 Å². The van der Waals surface area contributed by atoms with Gasteiger partial charge in [0.15, 0.2) is 6.61 Å². The third kappa shape index (κ3) is 7.63. The number of rotatable bonds is 9. The quantitative estimate of drug-likeness (QED) is 0.381. The maximum absolute atomic E-state index is 13.5. The van der Waals surface area contributed by atoms with E-state index in [1.807, 2.05) is 31.2 Å². The van der Waals surface area contributed by atoms with Gasteiger partial charge in [-0.2, -0.15) is 0 Å². The Balaban J connectivity index is 1.79. The second-order valence-electron chi connectivity index (χ2n) is 10.6. The van der Waals surface area contributed by atoms with Crippen LogP contribution < -0.4 is 10.1 Å². The molecule has 2 amide bonds. The van der Waals surface area contributed by atoms with Crippen LogP contribution in [0.3, 0.4) is 0 Å². The largest absolute Gasteiger partial charge is 0.484 e. The summed E-state index contributed by atoms with van der Waals surface area (Å²) in [4.78, 5) is 28.4. The molecule has 7 heteroatoms. The fourth-order valence-corrected chi connectivity index (χ4v) is 5.11. The van der Waals surface area contributed by atoms with E-state index in [9.17, 15) is 9.59 Å². The predicted octanol–water partition coefficient (Wildman–Crippen LogP) is 6.93. The zero-order valence-corrected chi connectivity index (χ0v) is 23.3. The number of halogens is 2. The summed E-state index contributed by atoms with van der Waals surface area (Å²) >= 11 is 12.9. The van der Waals surface area contributed by atoms with Crippen molar-refractivity contribution >= 4 is 35.0 Å². The Bertz CT molecular complexity index is 1010. The van der Waals surface area contributed by atoms with Crippen molar-refractivity contribution in [2.45, 2.75) is 90.3 Å². The summed E-state index contributed by atoms with van der Waals surface area (Å²) in [7, 11) is 0. The highest BCUT2D eigenvalue weighted by molar-refractivity contribution is 6.36. The van der Waals surface area contributed by atoms with Gasteiger partial charge in [-0.05, 0) is 54.5 Å². The minimum absolute atomic E-state index is 0.0272. The molecule has 2 aromatic carbocycles. The molecule has 1 aliphatic rings. The van der Waals surface area contributed by atoms with Crippen molar-refractivity contribution in [3.05, 3.63) is 63.6 Å². The molecule has 1 aliphatic carbocycles. The molecule has 0 aromatic heterocycles. The number of carbonyl (C=O) groups is 2. The van der Waals surface area contributed by atoms with Gasteiger partial charge in [0.1, 0.15) is 11.8 Å². The van der Waals surface area contributed by atoms with Crippen molar-refractivity contribution < 1.29 is 14.3 Å². The Hall–Kier alpha value is -2.24. The molecule has 1 atom stereocenters. The molecule has 196 valence electrons. The zero-order chi connectivity index (χ0) is 26.3. The van der Waals surface area contributed by atoms with Gasteiger partial charge in [-0.15, -0.1) is 0 Å². The van der Waals surface area contributed by atoms with Crippen molar-refractivity contribution in [2.24, 2.45) is 0 Å². The van der Waals surface area contributed by atoms with Gasteiger partial charge >= 0.3 is 0 Å². The van der Waals surface area contributed by atoms with Gasteiger partial charge in [-0.3, -0.25) is 9.59 Å². The first-order valence-electron chi connectivity index (χ1n) is 12.9. The van der Waals surface area contributed by atoms with Crippen LogP contribution in [0.1, 0.15) is 77.3 Å². The first kappa shape index (κ1) is 28.3. The van der Waals surface area contributed by atoms with Crippen molar-refractivity contribution in [1.82, 2.24) is 10.2 Å². The molecule has 1 saturated carbocycles. The third-order valence-corrected chi connectivity index (χ3v) is 7.52. The van der Waals surface area contributed by atoms with Crippen LogP contribution in [0.15, 0.2) is 42.5 Å². The van der Waals surface area contributed by atoms with Gasteiger partial charge in [0.2, 0.25) is 5.91 Å². The van der Waals surface area contributed by atoms with Gasteiger partial charge in [-0.1, -0.05) is 88.4 Å². The lowest BCUT2D eigenvalue weighted by atomic mass is 9.87. The number of benzene rings is 2. The molecule has 0 radical (unpaired) electrons. The molecular weight excluding hydrogens is 495 g/mol. The normalized spacial score (nSPS) is 15.3. The zero-order valence-electron chi connectivity index (χ0n) is 21.8. The Morgan fingerprint density at radius 3 is 2.19 bits per heavy atom. The molecule has 1 fully saturated rings. The number of amides is 2. The van der Waals surface area contributed by atoms with E-state index in [-0.39, 0.29) is 36.4 Å². The third-order valence-electron chi connectivity index (χ3n) is 6.81. The Labute approximate surface area is 225 Å². The lowest BCUT2D eigenvalue weighted by molar-refractivity contribution is -0.143. The summed E-state index contributed by atoms with van der Waals surface area (Å²) in [5.74, 6) is 0.166. The molecule has 0 saturated heterocycles. The van der Waals surface area contributed by atoms with Crippen molar-refractivity contribution in [3.8, 4) is 5.75 Å². The maximum Gasteiger partial charge on any atom is 0.261 e. The van der Waals surface area contributed by atoms with Crippen LogP contribution >= 0.6 is 23.2 Å². The van der Waals surface area contributed by atoms with E-state index in [2.05, 4.69) is 26.1 Å².